The van der Waals surface area contributed by atoms with Gasteiger partial charge in [-0.3, -0.25) is 0 Å². The smallest absolute Gasteiger partial charge is 0.174 e. The largest absolute Gasteiger partial charge is 0.386 e. The van der Waals surface area contributed by atoms with Crippen LogP contribution in [0.2, 0.25) is 0 Å². The van der Waals surface area contributed by atoms with Gasteiger partial charge in [0.15, 0.2) is 5.76 Å². The van der Waals surface area contributed by atoms with Crippen molar-refractivity contribution in [3.8, 4) is 0 Å². The fourth-order valence-corrected chi connectivity index (χ4v) is 2.32. The van der Waals surface area contributed by atoms with Gasteiger partial charge in [-0.2, -0.15) is 0 Å². The Morgan fingerprint density at radius 1 is 1.19 bits per heavy atom. The first kappa shape index (κ1) is 11.9. The van der Waals surface area contributed by atoms with Crippen molar-refractivity contribution in [3.63, 3.8) is 0 Å². The number of halogens is 1. The van der Waals surface area contributed by atoms with Gasteiger partial charge in [-0.15, -0.1) is 0 Å². The Morgan fingerprint density at radius 3 is 3.05 bits per heavy atom. The third-order valence-electron chi connectivity index (χ3n) is 3.31. The maximum atomic E-state index is 13.3. The van der Waals surface area contributed by atoms with Crippen molar-refractivity contribution in [2.24, 2.45) is 0 Å². The van der Waals surface area contributed by atoms with E-state index in [1.807, 2.05) is 18.3 Å². The van der Waals surface area contributed by atoms with E-state index in [-0.39, 0.29) is 5.82 Å². The monoisotopic (exact) mass is 282 g/mol. The summed E-state index contributed by atoms with van der Waals surface area (Å²) in [6.07, 6.45) is 5.32. The molecule has 4 rings (SSSR count). The summed E-state index contributed by atoms with van der Waals surface area (Å²) in [6.45, 7) is 0. The SMILES string of the molecule is Fc1cccc(C2=CN(c3ccnc4[nH]ccc34)NO2)c1. The van der Waals surface area contributed by atoms with Crippen LogP contribution in [-0.4, -0.2) is 9.97 Å². The van der Waals surface area contributed by atoms with Crippen LogP contribution in [0.1, 0.15) is 5.56 Å². The lowest BCUT2D eigenvalue weighted by Crippen LogP contribution is -2.27. The van der Waals surface area contributed by atoms with E-state index < -0.39 is 0 Å². The molecule has 2 N–H and O–H groups in total. The van der Waals surface area contributed by atoms with E-state index in [2.05, 4.69) is 15.6 Å². The number of aromatic amines is 1. The fraction of sp³-hybridized carbons (Fsp3) is 0. The van der Waals surface area contributed by atoms with Crippen LogP contribution in [-0.2, 0) is 4.84 Å². The number of nitrogens with one attached hydrogen (secondary N) is 2. The summed E-state index contributed by atoms with van der Waals surface area (Å²) >= 11 is 0. The first-order valence-corrected chi connectivity index (χ1v) is 6.43. The van der Waals surface area contributed by atoms with Crippen LogP contribution in [0.5, 0.6) is 0 Å². The van der Waals surface area contributed by atoms with Crippen LogP contribution in [0, 0.1) is 5.82 Å². The Balaban J connectivity index is 1.73. The van der Waals surface area contributed by atoms with Gasteiger partial charge >= 0.3 is 0 Å². The van der Waals surface area contributed by atoms with E-state index in [1.54, 1.807) is 29.5 Å². The Hall–Kier alpha value is -2.86. The molecule has 2 aromatic heterocycles. The van der Waals surface area contributed by atoms with Gasteiger partial charge in [-0.05, 0) is 24.3 Å². The molecule has 0 amide bonds. The number of rotatable bonds is 2. The minimum absolute atomic E-state index is 0.299. The molecule has 0 radical (unpaired) electrons. The lowest BCUT2D eigenvalue weighted by Gasteiger charge is -2.14. The van der Waals surface area contributed by atoms with E-state index in [1.165, 1.54) is 12.1 Å². The molecular formula is C15H11FN4O. The van der Waals surface area contributed by atoms with Gasteiger partial charge in [0.05, 0.1) is 11.9 Å². The van der Waals surface area contributed by atoms with E-state index in [9.17, 15) is 4.39 Å². The Bertz CT molecular complexity index is 842. The van der Waals surface area contributed by atoms with Gasteiger partial charge in [0.25, 0.3) is 0 Å². The van der Waals surface area contributed by atoms with E-state index in [0.717, 1.165) is 16.7 Å². The number of hydrogen-bond donors (Lipinski definition) is 2. The molecule has 1 aromatic carbocycles. The quantitative estimate of drug-likeness (QED) is 0.758. The summed E-state index contributed by atoms with van der Waals surface area (Å²) in [5.41, 5.74) is 5.16. The maximum absolute atomic E-state index is 13.3. The van der Waals surface area contributed by atoms with Crippen LogP contribution in [0.4, 0.5) is 10.1 Å². The highest BCUT2D eigenvalue weighted by atomic mass is 19.1. The molecule has 0 fully saturated rings. The topological polar surface area (TPSA) is 53.2 Å². The highest BCUT2D eigenvalue weighted by Crippen LogP contribution is 2.28. The van der Waals surface area contributed by atoms with Gasteiger partial charge in [-0.25, -0.2) is 14.4 Å². The molecule has 0 bridgehead atoms. The second kappa shape index (κ2) is 4.60. The molecule has 0 aliphatic carbocycles. The lowest BCUT2D eigenvalue weighted by molar-refractivity contribution is 0.180. The predicted molar refractivity (Wildman–Crippen MR) is 77.2 cm³/mol. The molecule has 21 heavy (non-hydrogen) atoms. The van der Waals surface area contributed by atoms with Gasteiger partial charge in [-0.1, -0.05) is 17.7 Å². The number of H-pyrrole nitrogens is 1. The summed E-state index contributed by atoms with van der Waals surface area (Å²) in [7, 11) is 0. The Morgan fingerprint density at radius 2 is 2.14 bits per heavy atom. The second-order valence-corrected chi connectivity index (χ2v) is 4.64. The highest BCUT2D eigenvalue weighted by molar-refractivity contribution is 5.90. The molecule has 3 aromatic rings. The molecule has 0 unspecified atom stereocenters. The molecule has 1 aliphatic heterocycles. The van der Waals surface area contributed by atoms with Crippen molar-refractivity contribution in [3.05, 3.63) is 66.4 Å². The van der Waals surface area contributed by atoms with Gasteiger partial charge in [0.2, 0.25) is 0 Å². The fourth-order valence-electron chi connectivity index (χ4n) is 2.32. The number of pyridine rings is 1. The van der Waals surface area contributed by atoms with Crippen molar-refractivity contribution >= 4 is 22.5 Å². The number of fused-ring (bicyclic) bond motifs is 1. The minimum Gasteiger partial charge on any atom is -0.386 e. The zero-order chi connectivity index (χ0) is 14.2. The van der Waals surface area contributed by atoms with Crippen LogP contribution in [0.15, 0.2) is 55.0 Å². The second-order valence-electron chi connectivity index (χ2n) is 4.64. The lowest BCUT2D eigenvalue weighted by atomic mass is 10.2. The van der Waals surface area contributed by atoms with Crippen LogP contribution < -0.4 is 10.6 Å². The zero-order valence-corrected chi connectivity index (χ0v) is 10.9. The zero-order valence-electron chi connectivity index (χ0n) is 10.9. The standard InChI is InChI=1S/C15H11FN4O/c16-11-3-1-2-10(8-11)14-9-20(19-21-14)13-5-7-18-15-12(13)4-6-17-15/h1-9,19H,(H,17,18). The third kappa shape index (κ3) is 2.02. The van der Waals surface area contributed by atoms with Crippen LogP contribution in [0.3, 0.4) is 0 Å². The number of aromatic nitrogens is 2. The van der Waals surface area contributed by atoms with Crippen molar-refractivity contribution < 1.29 is 9.23 Å². The Labute approximate surface area is 119 Å². The molecule has 0 saturated heterocycles. The summed E-state index contributed by atoms with van der Waals surface area (Å²) in [5, 5.41) is 2.70. The molecule has 6 heteroatoms. The first-order chi connectivity index (χ1) is 10.3. The summed E-state index contributed by atoms with van der Waals surface area (Å²) in [6, 6.07) is 10.1. The maximum Gasteiger partial charge on any atom is 0.174 e. The Kier molecular flexibility index (Phi) is 2.61. The molecule has 0 atom stereocenters. The summed E-state index contributed by atoms with van der Waals surface area (Å²) in [4.78, 5) is 12.7. The normalized spacial score (nSPS) is 14.3. The number of anilines is 1. The molecule has 0 saturated carbocycles. The summed E-state index contributed by atoms with van der Waals surface area (Å²) in [5.74, 6) is 0.252. The molecule has 0 spiro atoms. The minimum atomic E-state index is -0.299. The van der Waals surface area contributed by atoms with Gasteiger partial charge < -0.3 is 9.82 Å². The van der Waals surface area contributed by atoms with Crippen LogP contribution in [0.25, 0.3) is 16.8 Å². The molecule has 3 heterocycles. The average Bonchev–Trinajstić information content (AvgIpc) is 3.16. The van der Waals surface area contributed by atoms with E-state index >= 15 is 0 Å². The van der Waals surface area contributed by atoms with Crippen molar-refractivity contribution in [1.82, 2.24) is 15.6 Å². The average molecular weight is 282 g/mol. The molecule has 104 valence electrons. The van der Waals surface area contributed by atoms with Gasteiger partial charge in [0, 0.05) is 23.3 Å². The number of hydrogen-bond acceptors (Lipinski definition) is 4. The molecule has 5 nitrogen and oxygen atoms in total. The molecule has 1 aliphatic rings. The van der Waals surface area contributed by atoms with Crippen LogP contribution >= 0.6 is 0 Å². The summed E-state index contributed by atoms with van der Waals surface area (Å²) < 4.78 is 13.3. The van der Waals surface area contributed by atoms with Crippen molar-refractivity contribution in [1.29, 1.82) is 0 Å². The number of hydrazine groups is 1. The predicted octanol–water partition coefficient (Wildman–Crippen LogP) is 2.96. The van der Waals surface area contributed by atoms with Gasteiger partial charge in [0.1, 0.15) is 11.5 Å². The van der Waals surface area contributed by atoms with Crippen molar-refractivity contribution in [2.75, 3.05) is 5.01 Å². The first-order valence-electron chi connectivity index (χ1n) is 6.43. The highest BCUT2D eigenvalue weighted by Gasteiger charge is 2.19. The van der Waals surface area contributed by atoms with E-state index in [0.29, 0.717) is 11.3 Å². The number of nitrogens with zero attached hydrogens (tertiary/aromatic N) is 2. The molecular weight excluding hydrogens is 271 g/mol. The van der Waals surface area contributed by atoms with Crippen molar-refractivity contribution in [2.45, 2.75) is 0 Å². The van der Waals surface area contributed by atoms with E-state index in [4.69, 9.17) is 4.84 Å². The number of benzene rings is 1. The third-order valence-corrected chi connectivity index (χ3v) is 3.31.